The van der Waals surface area contributed by atoms with E-state index in [2.05, 4.69) is 32.0 Å². The molecule has 0 bridgehead atoms. The second-order valence-electron chi connectivity index (χ2n) is 4.66. The molecule has 0 fully saturated rings. The second-order valence-corrected chi connectivity index (χ2v) is 5.58. The van der Waals surface area contributed by atoms with Gasteiger partial charge in [-0.3, -0.25) is 0 Å². The fraction of sp³-hybridized carbons (Fsp3) is 0.0588. The first-order valence-corrected chi connectivity index (χ1v) is 7.40. The van der Waals surface area contributed by atoms with E-state index >= 15 is 0 Å². The number of fused-ring (bicyclic) bond motifs is 1. The van der Waals surface area contributed by atoms with E-state index in [1.807, 2.05) is 36.5 Å². The van der Waals surface area contributed by atoms with Gasteiger partial charge in [0.2, 0.25) is 5.88 Å². The number of hydrogen-bond acceptors (Lipinski definition) is 3. The fourth-order valence-corrected chi connectivity index (χ4v) is 2.69. The van der Waals surface area contributed by atoms with E-state index < -0.39 is 0 Å². The number of H-pyrrole nitrogens is 1. The lowest BCUT2D eigenvalue weighted by molar-refractivity contribution is 0.397. The maximum absolute atomic E-state index is 9.53. The molecule has 3 aromatic rings. The van der Waals surface area contributed by atoms with Gasteiger partial charge in [-0.25, -0.2) is 4.98 Å². The molecule has 0 aliphatic rings. The number of hydrogen-bond donors (Lipinski definition) is 1. The van der Waals surface area contributed by atoms with Crippen molar-refractivity contribution in [3.63, 3.8) is 0 Å². The zero-order valence-electron chi connectivity index (χ0n) is 11.8. The summed E-state index contributed by atoms with van der Waals surface area (Å²) in [6.07, 6.45) is 5.29. The van der Waals surface area contributed by atoms with Crippen LogP contribution in [0.5, 0.6) is 5.88 Å². The van der Waals surface area contributed by atoms with Gasteiger partial charge in [0.25, 0.3) is 0 Å². The van der Waals surface area contributed by atoms with Crippen LogP contribution in [0.1, 0.15) is 11.1 Å². The number of aromatic amines is 1. The lowest BCUT2D eigenvalue weighted by Gasteiger charge is -2.03. The highest BCUT2D eigenvalue weighted by molar-refractivity contribution is 9.10. The van der Waals surface area contributed by atoms with Crippen molar-refractivity contribution < 1.29 is 4.74 Å². The molecule has 22 heavy (non-hydrogen) atoms. The topological polar surface area (TPSA) is 61.7 Å². The van der Waals surface area contributed by atoms with Crippen LogP contribution in [-0.2, 0) is 0 Å². The largest absolute Gasteiger partial charge is 0.481 e. The number of aromatic nitrogens is 2. The third kappa shape index (κ3) is 2.61. The van der Waals surface area contributed by atoms with Gasteiger partial charge in [-0.05, 0) is 30.3 Å². The quantitative estimate of drug-likeness (QED) is 0.709. The lowest BCUT2D eigenvalue weighted by atomic mass is 10.0. The van der Waals surface area contributed by atoms with E-state index in [1.54, 1.807) is 19.4 Å². The fourth-order valence-electron chi connectivity index (χ4n) is 2.33. The molecule has 2 heterocycles. The molecule has 0 radical (unpaired) electrons. The Morgan fingerprint density at radius 3 is 3.05 bits per heavy atom. The summed E-state index contributed by atoms with van der Waals surface area (Å²) in [6.45, 7) is 0. The number of nitrogens with one attached hydrogen (secondary N) is 1. The number of allylic oxidation sites excluding steroid dienone is 1. The molecule has 1 aromatic carbocycles. The van der Waals surface area contributed by atoms with Crippen LogP contribution in [0.25, 0.3) is 22.6 Å². The first kappa shape index (κ1) is 14.4. The molecule has 0 atom stereocenters. The Morgan fingerprint density at radius 1 is 1.41 bits per heavy atom. The van der Waals surface area contributed by atoms with Crippen molar-refractivity contribution in [3.05, 3.63) is 58.3 Å². The molecule has 0 aliphatic heterocycles. The lowest BCUT2D eigenvalue weighted by Crippen LogP contribution is -1.90. The van der Waals surface area contributed by atoms with Crippen LogP contribution in [0.4, 0.5) is 0 Å². The molecule has 0 saturated carbocycles. The predicted octanol–water partition coefficient (Wildman–Crippen LogP) is 4.40. The van der Waals surface area contributed by atoms with Crippen LogP contribution in [0, 0.1) is 11.3 Å². The Bertz CT molecular complexity index is 906. The van der Waals surface area contributed by atoms with Crippen molar-refractivity contribution in [3.8, 4) is 11.9 Å². The number of pyridine rings is 1. The number of methoxy groups -OCH3 is 1. The van der Waals surface area contributed by atoms with Crippen LogP contribution >= 0.6 is 15.9 Å². The van der Waals surface area contributed by atoms with Gasteiger partial charge >= 0.3 is 0 Å². The normalized spacial score (nSPS) is 11.4. The smallest absolute Gasteiger partial charge is 0.220 e. The number of benzene rings is 1. The van der Waals surface area contributed by atoms with Gasteiger partial charge in [-0.1, -0.05) is 22.0 Å². The summed E-state index contributed by atoms with van der Waals surface area (Å²) in [4.78, 5) is 7.34. The molecule has 0 unspecified atom stereocenters. The van der Waals surface area contributed by atoms with Crippen LogP contribution in [0.3, 0.4) is 0 Å². The molecule has 0 amide bonds. The average molecular weight is 354 g/mol. The number of nitrogens with zero attached hydrogens (tertiary/aromatic N) is 2. The number of nitriles is 1. The van der Waals surface area contributed by atoms with Gasteiger partial charge < -0.3 is 9.72 Å². The highest BCUT2D eigenvalue weighted by Crippen LogP contribution is 2.29. The van der Waals surface area contributed by atoms with Crippen molar-refractivity contribution in [2.75, 3.05) is 7.11 Å². The van der Waals surface area contributed by atoms with Gasteiger partial charge in [0.05, 0.1) is 18.8 Å². The molecule has 4 nitrogen and oxygen atoms in total. The van der Waals surface area contributed by atoms with Crippen LogP contribution in [0.2, 0.25) is 0 Å². The van der Waals surface area contributed by atoms with Crippen molar-refractivity contribution in [2.45, 2.75) is 0 Å². The molecule has 1 N–H and O–H groups in total. The van der Waals surface area contributed by atoms with Gasteiger partial charge in [-0.15, -0.1) is 0 Å². The first-order chi connectivity index (χ1) is 10.7. The molecule has 108 valence electrons. The van der Waals surface area contributed by atoms with E-state index in [1.165, 1.54) is 0 Å². The monoisotopic (exact) mass is 353 g/mol. The van der Waals surface area contributed by atoms with Crippen molar-refractivity contribution in [2.24, 2.45) is 0 Å². The molecule has 2 aromatic heterocycles. The highest BCUT2D eigenvalue weighted by atomic mass is 79.9. The third-order valence-corrected chi connectivity index (χ3v) is 3.84. The van der Waals surface area contributed by atoms with Crippen LogP contribution in [0.15, 0.2) is 47.2 Å². The summed E-state index contributed by atoms with van der Waals surface area (Å²) in [5, 5.41) is 10.5. The summed E-state index contributed by atoms with van der Waals surface area (Å²) >= 11 is 3.44. The molecule has 0 spiro atoms. The van der Waals surface area contributed by atoms with Crippen LogP contribution in [-0.4, -0.2) is 17.1 Å². The van der Waals surface area contributed by atoms with E-state index in [0.29, 0.717) is 11.5 Å². The average Bonchev–Trinajstić information content (AvgIpc) is 2.95. The second kappa shape index (κ2) is 6.04. The minimum absolute atomic E-state index is 0.498. The molecule has 3 rings (SSSR count). The van der Waals surface area contributed by atoms with Gasteiger partial charge in [0.15, 0.2) is 0 Å². The zero-order chi connectivity index (χ0) is 15.5. The van der Waals surface area contributed by atoms with Crippen LogP contribution < -0.4 is 4.74 Å². The Kier molecular flexibility index (Phi) is 3.94. The van der Waals surface area contributed by atoms with E-state index in [-0.39, 0.29) is 0 Å². The first-order valence-electron chi connectivity index (χ1n) is 6.60. The summed E-state index contributed by atoms with van der Waals surface area (Å²) in [5.74, 6) is 0.498. The summed E-state index contributed by atoms with van der Waals surface area (Å²) in [5.41, 5.74) is 3.16. The Balaban J connectivity index is 2.14. The standard InChI is InChI=1S/C17H12BrN3O/c1-22-17-11(3-2-6-20-17)7-12(9-19)15-10-21-16-8-13(18)4-5-14(15)16/h2-8,10,21H,1H3/b12-7+. The molecule has 0 aliphatic carbocycles. The van der Waals surface area contributed by atoms with E-state index in [4.69, 9.17) is 4.74 Å². The maximum Gasteiger partial charge on any atom is 0.220 e. The highest BCUT2D eigenvalue weighted by Gasteiger charge is 2.10. The molecule has 0 saturated heterocycles. The third-order valence-electron chi connectivity index (χ3n) is 3.35. The van der Waals surface area contributed by atoms with Crippen molar-refractivity contribution >= 4 is 38.5 Å². The predicted molar refractivity (Wildman–Crippen MR) is 90.3 cm³/mol. The summed E-state index contributed by atoms with van der Waals surface area (Å²) in [6, 6.07) is 11.9. The van der Waals surface area contributed by atoms with Gasteiger partial charge in [0, 0.05) is 38.9 Å². The van der Waals surface area contributed by atoms with Crippen molar-refractivity contribution in [1.29, 1.82) is 5.26 Å². The Labute approximate surface area is 136 Å². The summed E-state index contributed by atoms with van der Waals surface area (Å²) < 4.78 is 6.22. The van der Waals surface area contributed by atoms with E-state index in [9.17, 15) is 5.26 Å². The molecule has 5 heteroatoms. The minimum atomic E-state index is 0.498. The summed E-state index contributed by atoms with van der Waals surface area (Å²) in [7, 11) is 1.56. The van der Waals surface area contributed by atoms with E-state index in [0.717, 1.165) is 26.5 Å². The number of rotatable bonds is 3. The Hall–Kier alpha value is -2.58. The minimum Gasteiger partial charge on any atom is -0.481 e. The molecular weight excluding hydrogens is 342 g/mol. The van der Waals surface area contributed by atoms with Gasteiger partial charge in [0.1, 0.15) is 0 Å². The maximum atomic E-state index is 9.53. The molecular formula is C17H12BrN3O. The SMILES string of the molecule is COc1ncccc1/C=C(\C#N)c1c[nH]c2cc(Br)ccc12. The number of ether oxygens (including phenoxy) is 1. The Morgan fingerprint density at radius 2 is 2.27 bits per heavy atom. The van der Waals surface area contributed by atoms with Gasteiger partial charge in [-0.2, -0.15) is 5.26 Å². The zero-order valence-corrected chi connectivity index (χ0v) is 13.4. The number of halogens is 1. The van der Waals surface area contributed by atoms with Crippen molar-refractivity contribution in [1.82, 2.24) is 9.97 Å².